The summed E-state index contributed by atoms with van der Waals surface area (Å²) in [5.74, 6) is 4.58. The SMILES string of the molecule is CNC(=O)CCC(=O)N[C@H]1OC2CCC3C2C2C4C5C(C6CCC7O[C@H](NC(=O)CCC(=O)NC)[C@@](C)(C34)C5C76)[C@@]21C. The number of carbonyl (C=O) groups is 4. The molecule has 8 fully saturated rings. The summed E-state index contributed by atoms with van der Waals surface area (Å²) in [6.45, 7) is 4.86. The number of rotatable bonds is 8. The Balaban J connectivity index is 1.14. The van der Waals surface area contributed by atoms with Crippen LogP contribution >= 0.6 is 0 Å². The van der Waals surface area contributed by atoms with E-state index in [2.05, 4.69) is 35.1 Å². The van der Waals surface area contributed by atoms with Crippen LogP contribution in [0.3, 0.4) is 0 Å². The number of amides is 4. The molecular formula is C32H46N4O6. The molecule has 0 radical (unpaired) electrons. The molecule has 10 nitrogen and oxygen atoms in total. The van der Waals surface area contributed by atoms with Gasteiger partial charge in [0.2, 0.25) is 23.6 Å². The molecule has 2 aliphatic heterocycles. The van der Waals surface area contributed by atoms with Gasteiger partial charge in [0.05, 0.1) is 12.2 Å². The average Bonchev–Trinajstić information content (AvgIpc) is 3.77. The second-order valence-corrected chi connectivity index (χ2v) is 15.2. The van der Waals surface area contributed by atoms with Gasteiger partial charge in [-0.2, -0.15) is 0 Å². The van der Waals surface area contributed by atoms with Crippen molar-refractivity contribution in [1.29, 1.82) is 0 Å². The normalized spacial score (nSPS) is 52.7. The molecule has 0 aromatic rings. The molecule has 230 valence electrons. The maximum Gasteiger partial charge on any atom is 0.222 e. The van der Waals surface area contributed by atoms with Gasteiger partial charge in [-0.15, -0.1) is 0 Å². The minimum Gasteiger partial charge on any atom is -0.359 e. The van der Waals surface area contributed by atoms with Crippen LogP contribution in [0.5, 0.6) is 0 Å². The Labute approximate surface area is 247 Å². The van der Waals surface area contributed by atoms with E-state index < -0.39 is 0 Å². The van der Waals surface area contributed by atoms with Crippen molar-refractivity contribution in [2.45, 2.75) is 89.9 Å². The smallest absolute Gasteiger partial charge is 0.222 e. The van der Waals surface area contributed by atoms with Crippen LogP contribution in [0.1, 0.15) is 65.2 Å². The molecule has 4 amide bonds. The van der Waals surface area contributed by atoms with Gasteiger partial charge in [-0.3, -0.25) is 19.2 Å². The fourth-order valence-electron chi connectivity index (χ4n) is 13.4. The van der Waals surface area contributed by atoms with Gasteiger partial charge in [0.15, 0.2) is 0 Å². The molecule has 6 aliphatic carbocycles. The Morgan fingerprint density at radius 1 is 0.571 bits per heavy atom. The molecule has 6 saturated carbocycles. The summed E-state index contributed by atoms with van der Waals surface area (Å²) in [7, 11) is 3.20. The molecule has 0 spiro atoms. The second kappa shape index (κ2) is 9.16. The standard InChI is InChI=1S/C32H46N4O6/c1-31-25-13-5-7-16-22(13)28-23(25)24-26(32(28,2)30(42-16)36-20(40)12-10-18(38)34-4)14-6-8-15(21(14)27(24)31)41-29(31)35-19(39)11-9-17(37)33-3/h13-16,21-30H,5-12H2,1-4H3,(H,33,37)(H,34,38)(H,35,39)(H,36,40)/t13?,14?,15?,16?,21?,22?,23?,24?,25?,26?,27?,28?,29-,30-,31-,32-/m0/s1. The topological polar surface area (TPSA) is 135 Å². The van der Waals surface area contributed by atoms with E-state index in [1.54, 1.807) is 14.1 Å². The van der Waals surface area contributed by atoms with Crippen LogP contribution in [-0.4, -0.2) is 62.4 Å². The largest absolute Gasteiger partial charge is 0.359 e. The zero-order valence-electron chi connectivity index (χ0n) is 25.2. The van der Waals surface area contributed by atoms with E-state index in [9.17, 15) is 19.2 Å². The van der Waals surface area contributed by atoms with Crippen LogP contribution in [0.2, 0.25) is 0 Å². The lowest BCUT2D eigenvalue weighted by Gasteiger charge is -2.53. The van der Waals surface area contributed by atoms with Gasteiger partial charge in [0.1, 0.15) is 12.5 Å². The van der Waals surface area contributed by atoms with E-state index in [0.717, 1.165) is 25.7 Å². The third-order valence-corrected chi connectivity index (χ3v) is 14.2. The van der Waals surface area contributed by atoms with Crippen molar-refractivity contribution in [2.24, 2.45) is 70.0 Å². The number of carbonyl (C=O) groups excluding carboxylic acids is 4. The molecule has 0 aromatic heterocycles. The van der Waals surface area contributed by atoms with Crippen LogP contribution in [0.4, 0.5) is 0 Å². The first-order chi connectivity index (χ1) is 20.1. The van der Waals surface area contributed by atoms with Crippen LogP contribution in [0, 0.1) is 70.0 Å². The lowest BCUT2D eigenvalue weighted by molar-refractivity contribution is -0.208. The highest BCUT2D eigenvalue weighted by atomic mass is 16.5. The molecule has 10 heteroatoms. The molecular weight excluding hydrogens is 536 g/mol. The van der Waals surface area contributed by atoms with Crippen molar-refractivity contribution in [3.63, 3.8) is 0 Å². The number of nitrogens with one attached hydrogen (secondary N) is 4. The Kier molecular flexibility index (Phi) is 5.97. The Hall–Kier alpha value is -2.20. The van der Waals surface area contributed by atoms with Gasteiger partial charge in [0, 0.05) is 50.6 Å². The van der Waals surface area contributed by atoms with Gasteiger partial charge >= 0.3 is 0 Å². The fraction of sp³-hybridized carbons (Fsp3) is 0.875. The summed E-state index contributed by atoms with van der Waals surface area (Å²) in [6.07, 6.45) is 4.56. The predicted molar refractivity (Wildman–Crippen MR) is 150 cm³/mol. The van der Waals surface area contributed by atoms with E-state index in [1.165, 1.54) is 0 Å². The van der Waals surface area contributed by atoms with Crippen LogP contribution in [0.15, 0.2) is 0 Å². The third-order valence-electron chi connectivity index (χ3n) is 14.2. The summed E-state index contributed by atoms with van der Waals surface area (Å²) >= 11 is 0. The second-order valence-electron chi connectivity index (χ2n) is 15.2. The van der Waals surface area contributed by atoms with E-state index >= 15 is 0 Å². The van der Waals surface area contributed by atoms with Gasteiger partial charge < -0.3 is 30.7 Å². The monoisotopic (exact) mass is 582 g/mol. The van der Waals surface area contributed by atoms with E-state index in [0.29, 0.717) is 59.2 Å². The minimum atomic E-state index is -0.333. The fourth-order valence-corrected chi connectivity index (χ4v) is 13.4. The quantitative estimate of drug-likeness (QED) is 0.343. The lowest BCUT2D eigenvalue weighted by Crippen LogP contribution is -2.61. The van der Waals surface area contributed by atoms with Crippen molar-refractivity contribution < 1.29 is 28.7 Å². The maximum absolute atomic E-state index is 13.2. The zero-order valence-corrected chi connectivity index (χ0v) is 25.2. The molecule has 4 N–H and O–H groups in total. The molecule has 8 rings (SSSR count). The number of fused-ring (bicyclic) bond motifs is 4. The molecule has 0 aromatic carbocycles. The Bertz CT molecular complexity index is 1140. The number of hydrogen-bond acceptors (Lipinski definition) is 6. The summed E-state index contributed by atoms with van der Waals surface area (Å²) < 4.78 is 13.9. The Morgan fingerprint density at radius 3 is 1.33 bits per heavy atom. The van der Waals surface area contributed by atoms with Gasteiger partial charge in [-0.05, 0) is 84.9 Å². The predicted octanol–water partition coefficient (Wildman–Crippen LogP) is 1.54. The molecule has 42 heavy (non-hydrogen) atoms. The van der Waals surface area contributed by atoms with Gasteiger partial charge in [-0.25, -0.2) is 0 Å². The van der Waals surface area contributed by atoms with Gasteiger partial charge in [-0.1, -0.05) is 13.8 Å². The molecule has 0 bridgehead atoms. The summed E-state index contributed by atoms with van der Waals surface area (Å²) in [5, 5.41) is 11.9. The summed E-state index contributed by atoms with van der Waals surface area (Å²) in [4.78, 5) is 50.1. The molecule has 8 aliphatic rings. The molecule has 2 saturated heterocycles. The van der Waals surface area contributed by atoms with Crippen LogP contribution < -0.4 is 21.3 Å². The van der Waals surface area contributed by atoms with Crippen LogP contribution in [-0.2, 0) is 28.7 Å². The molecule has 16 atom stereocenters. The average molecular weight is 583 g/mol. The summed E-state index contributed by atoms with van der Waals surface area (Å²) in [6, 6.07) is 0. The third kappa shape index (κ3) is 3.23. The first-order valence-corrected chi connectivity index (χ1v) is 16.4. The highest BCUT2D eigenvalue weighted by Gasteiger charge is 2.87. The van der Waals surface area contributed by atoms with Crippen molar-refractivity contribution in [1.82, 2.24) is 21.3 Å². The highest BCUT2D eigenvalue weighted by molar-refractivity contribution is 5.84. The van der Waals surface area contributed by atoms with Crippen molar-refractivity contribution in [2.75, 3.05) is 14.1 Å². The minimum absolute atomic E-state index is 0.100. The number of hydrogen-bond donors (Lipinski definition) is 4. The molecule has 2 heterocycles. The van der Waals surface area contributed by atoms with E-state index in [1.807, 2.05) is 0 Å². The van der Waals surface area contributed by atoms with Crippen LogP contribution in [0.25, 0.3) is 0 Å². The van der Waals surface area contributed by atoms with Crippen molar-refractivity contribution in [3.05, 3.63) is 0 Å². The molecule has 12 unspecified atom stereocenters. The Morgan fingerprint density at radius 2 is 0.952 bits per heavy atom. The maximum atomic E-state index is 13.2. The highest BCUT2D eigenvalue weighted by Crippen LogP contribution is 2.87. The van der Waals surface area contributed by atoms with Gasteiger partial charge in [0.25, 0.3) is 0 Å². The summed E-state index contributed by atoms with van der Waals surface area (Å²) in [5.41, 5.74) is -0.304. The zero-order chi connectivity index (χ0) is 29.3. The van der Waals surface area contributed by atoms with E-state index in [4.69, 9.17) is 9.47 Å². The first-order valence-electron chi connectivity index (χ1n) is 16.4. The van der Waals surface area contributed by atoms with Crippen molar-refractivity contribution >= 4 is 23.6 Å². The van der Waals surface area contributed by atoms with E-state index in [-0.39, 0.29) is 84.8 Å². The first kappa shape index (κ1) is 27.4. The van der Waals surface area contributed by atoms with Crippen molar-refractivity contribution in [3.8, 4) is 0 Å². The lowest BCUT2D eigenvalue weighted by atomic mass is 9.60. The number of ether oxygens (including phenoxy) is 2.